The molecule has 0 aromatic carbocycles. The molecule has 3 aliphatic carbocycles. The second-order valence-corrected chi connectivity index (χ2v) is 6.68. The molecule has 116 valence electrons. The van der Waals surface area contributed by atoms with Crippen molar-refractivity contribution in [1.29, 1.82) is 0 Å². The lowest BCUT2D eigenvalue weighted by atomic mass is 9.44. The molecule has 4 rings (SSSR count). The average Bonchev–Trinajstić information content (AvgIpc) is 3.23. The van der Waals surface area contributed by atoms with Crippen molar-refractivity contribution in [3.63, 3.8) is 0 Å². The van der Waals surface area contributed by atoms with Crippen LogP contribution in [0.3, 0.4) is 0 Å². The van der Waals surface area contributed by atoms with Gasteiger partial charge in [0.15, 0.2) is 11.4 Å². The first-order valence-corrected chi connectivity index (χ1v) is 7.18. The SMILES string of the molecule is COC(=O)[C@H]1[C@@H](C(=O)OC)[C@]2(C)CC(C)[C@H]1[C@@]1(CO1)C2=O. The van der Waals surface area contributed by atoms with E-state index in [0.717, 1.165) is 0 Å². The Morgan fingerprint density at radius 2 is 1.81 bits per heavy atom. The van der Waals surface area contributed by atoms with Gasteiger partial charge in [-0.3, -0.25) is 14.4 Å². The summed E-state index contributed by atoms with van der Waals surface area (Å²) in [5, 5.41) is 0. The summed E-state index contributed by atoms with van der Waals surface area (Å²) in [7, 11) is 2.58. The third-order valence-corrected chi connectivity index (χ3v) is 5.62. The summed E-state index contributed by atoms with van der Waals surface area (Å²) in [6.45, 7) is 4.09. The van der Waals surface area contributed by atoms with Crippen LogP contribution >= 0.6 is 0 Å². The van der Waals surface area contributed by atoms with Crippen molar-refractivity contribution >= 4 is 17.7 Å². The number of epoxide rings is 1. The summed E-state index contributed by atoms with van der Waals surface area (Å²) < 4.78 is 15.3. The first-order chi connectivity index (χ1) is 9.83. The highest BCUT2D eigenvalue weighted by Crippen LogP contribution is 2.65. The average molecular weight is 296 g/mol. The standard InChI is InChI=1S/C15H20O6/c1-7-5-14(2)10(12(17)20-4)8(11(16)19-3)9(7)15(6-21-15)13(14)18/h7-10H,5-6H2,1-4H3/t7?,8-,9-,10+,14+,15+/m1/s1. The molecule has 0 amide bonds. The molecule has 1 heterocycles. The van der Waals surface area contributed by atoms with Gasteiger partial charge >= 0.3 is 11.9 Å². The van der Waals surface area contributed by atoms with Crippen molar-refractivity contribution in [2.24, 2.45) is 29.1 Å². The minimum atomic E-state index is -0.934. The van der Waals surface area contributed by atoms with Crippen molar-refractivity contribution in [2.45, 2.75) is 25.9 Å². The van der Waals surface area contributed by atoms with Gasteiger partial charge in [0.1, 0.15) is 0 Å². The fourth-order valence-electron chi connectivity index (χ4n) is 4.85. The highest BCUT2D eigenvalue weighted by atomic mass is 16.6. The number of ketones is 1. The minimum absolute atomic E-state index is 0.0614. The van der Waals surface area contributed by atoms with Crippen LogP contribution in [0.25, 0.3) is 0 Å². The molecule has 0 N–H and O–H groups in total. The lowest BCUT2D eigenvalue weighted by molar-refractivity contribution is -0.194. The van der Waals surface area contributed by atoms with Gasteiger partial charge in [-0.15, -0.1) is 0 Å². The highest BCUT2D eigenvalue weighted by molar-refractivity contribution is 6.02. The number of methoxy groups -OCH3 is 2. The maximum atomic E-state index is 12.8. The van der Waals surface area contributed by atoms with E-state index in [1.165, 1.54) is 14.2 Å². The van der Waals surface area contributed by atoms with Gasteiger partial charge in [0.2, 0.25) is 0 Å². The summed E-state index contributed by atoms with van der Waals surface area (Å²) in [6.07, 6.45) is 0.564. The Kier molecular flexibility index (Phi) is 2.96. The van der Waals surface area contributed by atoms with Gasteiger partial charge in [-0.25, -0.2) is 0 Å². The number of Topliss-reactive ketones (excluding diaryl/α,β-unsaturated/α-hetero) is 1. The van der Waals surface area contributed by atoms with E-state index in [2.05, 4.69) is 0 Å². The molecule has 6 atom stereocenters. The van der Waals surface area contributed by atoms with Gasteiger partial charge in [0, 0.05) is 11.3 Å². The molecule has 3 saturated carbocycles. The van der Waals surface area contributed by atoms with Crippen LogP contribution in [-0.4, -0.2) is 44.1 Å². The monoisotopic (exact) mass is 296 g/mol. The second-order valence-electron chi connectivity index (χ2n) is 6.68. The van der Waals surface area contributed by atoms with E-state index in [1.807, 2.05) is 6.92 Å². The topological polar surface area (TPSA) is 82.2 Å². The van der Waals surface area contributed by atoms with Crippen LogP contribution in [0.4, 0.5) is 0 Å². The van der Waals surface area contributed by atoms with Crippen LogP contribution < -0.4 is 0 Å². The third-order valence-electron chi connectivity index (χ3n) is 5.62. The molecule has 2 bridgehead atoms. The number of carbonyl (C=O) groups is 3. The van der Waals surface area contributed by atoms with Crippen LogP contribution in [0, 0.1) is 29.1 Å². The van der Waals surface area contributed by atoms with Crippen LogP contribution in [-0.2, 0) is 28.6 Å². The summed E-state index contributed by atoms with van der Waals surface area (Å²) in [5.74, 6) is -2.73. The molecule has 6 heteroatoms. The predicted molar refractivity (Wildman–Crippen MR) is 70.1 cm³/mol. The quantitative estimate of drug-likeness (QED) is 0.547. The van der Waals surface area contributed by atoms with E-state index in [0.29, 0.717) is 13.0 Å². The zero-order valence-corrected chi connectivity index (χ0v) is 12.7. The van der Waals surface area contributed by atoms with Crippen LogP contribution in [0.15, 0.2) is 0 Å². The number of fused-ring (bicyclic) bond motifs is 2. The Bertz CT molecular complexity index is 522. The molecule has 1 aliphatic heterocycles. The van der Waals surface area contributed by atoms with Gasteiger partial charge in [-0.1, -0.05) is 13.8 Å². The molecule has 6 nitrogen and oxygen atoms in total. The molecule has 1 spiro atoms. The lowest BCUT2D eigenvalue weighted by Crippen LogP contribution is -2.68. The van der Waals surface area contributed by atoms with Crippen LogP contribution in [0.1, 0.15) is 20.3 Å². The first kappa shape index (κ1) is 14.5. The van der Waals surface area contributed by atoms with E-state index in [-0.39, 0.29) is 17.6 Å². The predicted octanol–water partition coefficient (Wildman–Crippen LogP) is 0.579. The Morgan fingerprint density at radius 3 is 2.29 bits per heavy atom. The molecule has 21 heavy (non-hydrogen) atoms. The van der Waals surface area contributed by atoms with Gasteiger partial charge < -0.3 is 14.2 Å². The van der Waals surface area contributed by atoms with E-state index >= 15 is 0 Å². The molecule has 4 fully saturated rings. The van der Waals surface area contributed by atoms with Crippen molar-refractivity contribution in [2.75, 3.05) is 20.8 Å². The van der Waals surface area contributed by atoms with Crippen molar-refractivity contribution < 1.29 is 28.6 Å². The maximum Gasteiger partial charge on any atom is 0.310 e. The van der Waals surface area contributed by atoms with Gasteiger partial charge in [0.05, 0.1) is 32.7 Å². The molecule has 4 aliphatic rings. The third kappa shape index (κ3) is 1.59. The van der Waals surface area contributed by atoms with Gasteiger partial charge in [-0.05, 0) is 12.3 Å². The Morgan fingerprint density at radius 1 is 1.24 bits per heavy atom. The minimum Gasteiger partial charge on any atom is -0.469 e. The Hall–Kier alpha value is -1.43. The lowest BCUT2D eigenvalue weighted by Gasteiger charge is -2.56. The van der Waals surface area contributed by atoms with Crippen molar-refractivity contribution in [1.82, 2.24) is 0 Å². The zero-order valence-electron chi connectivity index (χ0n) is 12.7. The van der Waals surface area contributed by atoms with Crippen LogP contribution in [0.5, 0.6) is 0 Å². The highest BCUT2D eigenvalue weighted by Gasteiger charge is 2.77. The van der Waals surface area contributed by atoms with Crippen LogP contribution in [0.2, 0.25) is 0 Å². The maximum absolute atomic E-state index is 12.8. The number of ether oxygens (including phenoxy) is 3. The summed E-state index contributed by atoms with van der Waals surface area (Å²) >= 11 is 0. The number of hydrogen-bond acceptors (Lipinski definition) is 6. The van der Waals surface area contributed by atoms with E-state index in [9.17, 15) is 14.4 Å². The Labute approximate surface area is 123 Å². The summed E-state index contributed by atoms with van der Waals surface area (Å²) in [6, 6.07) is 0. The zero-order chi connectivity index (χ0) is 15.6. The van der Waals surface area contributed by atoms with Gasteiger partial charge in [0.25, 0.3) is 0 Å². The van der Waals surface area contributed by atoms with E-state index in [1.54, 1.807) is 6.92 Å². The van der Waals surface area contributed by atoms with Gasteiger partial charge in [-0.2, -0.15) is 0 Å². The molecule has 0 aromatic rings. The summed E-state index contributed by atoms with van der Waals surface area (Å²) in [4.78, 5) is 37.4. The number of carbonyl (C=O) groups excluding carboxylic acids is 3. The molecule has 0 aromatic heterocycles. The molecular formula is C15H20O6. The number of hydrogen-bond donors (Lipinski definition) is 0. The number of esters is 2. The van der Waals surface area contributed by atoms with E-state index < -0.39 is 34.8 Å². The smallest absolute Gasteiger partial charge is 0.310 e. The summed E-state index contributed by atoms with van der Waals surface area (Å²) in [5.41, 5.74) is -1.83. The Balaban J connectivity index is 2.14. The molecule has 0 radical (unpaired) electrons. The molecule has 1 saturated heterocycles. The normalized spacial score (nSPS) is 47.3. The first-order valence-electron chi connectivity index (χ1n) is 7.18. The fraction of sp³-hybridized carbons (Fsp3) is 0.800. The van der Waals surface area contributed by atoms with Crippen molar-refractivity contribution in [3.05, 3.63) is 0 Å². The fourth-order valence-corrected chi connectivity index (χ4v) is 4.85. The van der Waals surface area contributed by atoms with Crippen molar-refractivity contribution in [3.8, 4) is 0 Å². The second kappa shape index (κ2) is 4.29. The van der Waals surface area contributed by atoms with E-state index in [4.69, 9.17) is 14.2 Å². The molecule has 1 unspecified atom stereocenters. The number of rotatable bonds is 2. The molecular weight excluding hydrogens is 276 g/mol. The largest absolute Gasteiger partial charge is 0.469 e.